The van der Waals surface area contributed by atoms with Gasteiger partial charge in [-0.1, -0.05) is 12.8 Å². The summed E-state index contributed by atoms with van der Waals surface area (Å²) >= 11 is 0. The zero-order valence-corrected chi connectivity index (χ0v) is 7.32. The van der Waals surface area contributed by atoms with E-state index in [9.17, 15) is 0 Å². The predicted molar refractivity (Wildman–Crippen MR) is 46.6 cm³/mol. The molecule has 0 aromatic carbocycles. The van der Waals surface area contributed by atoms with Gasteiger partial charge in [0, 0.05) is 13.0 Å². The molecule has 0 bridgehead atoms. The number of nitrogens with two attached hydrogens (primary N) is 1. The van der Waals surface area contributed by atoms with E-state index in [2.05, 4.69) is 10.1 Å². The van der Waals surface area contributed by atoms with E-state index < -0.39 is 0 Å². The van der Waals surface area contributed by atoms with Gasteiger partial charge < -0.3 is 5.73 Å². The van der Waals surface area contributed by atoms with Gasteiger partial charge in [0.15, 0.2) is 5.82 Å². The summed E-state index contributed by atoms with van der Waals surface area (Å²) < 4.78 is 1.65. The Morgan fingerprint density at radius 3 is 2.58 bits per heavy atom. The minimum Gasteiger partial charge on any atom is -0.368 e. The third kappa shape index (κ3) is 1.17. The number of rotatable bonds is 1. The van der Waals surface area contributed by atoms with Crippen molar-refractivity contribution in [1.82, 2.24) is 14.8 Å². The molecule has 0 unspecified atom stereocenters. The van der Waals surface area contributed by atoms with Gasteiger partial charge in [0.1, 0.15) is 0 Å². The highest BCUT2D eigenvalue weighted by Gasteiger charge is 2.21. The van der Waals surface area contributed by atoms with Gasteiger partial charge in [-0.3, -0.25) is 0 Å². The van der Waals surface area contributed by atoms with Gasteiger partial charge in [-0.25, -0.2) is 4.68 Å². The number of hydrogen-bond acceptors (Lipinski definition) is 3. The molecule has 66 valence electrons. The molecule has 1 saturated carbocycles. The maximum Gasteiger partial charge on any atom is 0.218 e. The third-order valence-electron chi connectivity index (χ3n) is 2.53. The highest BCUT2D eigenvalue weighted by atomic mass is 15.4. The van der Waals surface area contributed by atoms with Crippen LogP contribution in [0.2, 0.25) is 0 Å². The molecule has 0 amide bonds. The Bertz CT molecular complexity index is 253. The van der Waals surface area contributed by atoms with Gasteiger partial charge in [0.2, 0.25) is 5.95 Å². The maximum absolute atomic E-state index is 5.60. The van der Waals surface area contributed by atoms with Crippen LogP contribution in [0.25, 0.3) is 0 Å². The lowest BCUT2D eigenvalue weighted by Gasteiger charge is -2.00. The Hall–Kier alpha value is -1.06. The smallest absolute Gasteiger partial charge is 0.218 e. The highest BCUT2D eigenvalue weighted by molar-refractivity contribution is 5.17. The number of anilines is 1. The van der Waals surface area contributed by atoms with E-state index in [-0.39, 0.29) is 0 Å². The first-order valence-electron chi connectivity index (χ1n) is 4.44. The van der Waals surface area contributed by atoms with Crippen molar-refractivity contribution in [3.63, 3.8) is 0 Å². The van der Waals surface area contributed by atoms with Crippen molar-refractivity contribution in [3.05, 3.63) is 5.82 Å². The van der Waals surface area contributed by atoms with Crippen LogP contribution in [0.15, 0.2) is 0 Å². The molecule has 2 N–H and O–H groups in total. The average Bonchev–Trinajstić information content (AvgIpc) is 2.61. The molecule has 1 aliphatic rings. The summed E-state index contributed by atoms with van der Waals surface area (Å²) in [7, 11) is 1.83. The second-order valence-electron chi connectivity index (χ2n) is 3.43. The van der Waals surface area contributed by atoms with Gasteiger partial charge in [-0.2, -0.15) is 10.1 Å². The molecule has 0 spiro atoms. The molecular formula is C8H14N4. The van der Waals surface area contributed by atoms with E-state index in [1.54, 1.807) is 4.68 Å². The third-order valence-corrected chi connectivity index (χ3v) is 2.53. The predicted octanol–water partition coefficient (Wildman–Crippen LogP) is 1.05. The molecule has 0 saturated heterocycles. The van der Waals surface area contributed by atoms with Crippen LogP contribution in [-0.4, -0.2) is 14.8 Å². The zero-order chi connectivity index (χ0) is 8.55. The summed E-state index contributed by atoms with van der Waals surface area (Å²) in [6.45, 7) is 0. The molecule has 4 nitrogen and oxygen atoms in total. The molecule has 1 aliphatic carbocycles. The Morgan fingerprint density at radius 2 is 2.08 bits per heavy atom. The molecule has 2 rings (SSSR count). The lowest BCUT2D eigenvalue weighted by atomic mass is 10.1. The lowest BCUT2D eigenvalue weighted by molar-refractivity contribution is 0.648. The number of aromatic nitrogens is 3. The van der Waals surface area contributed by atoms with E-state index >= 15 is 0 Å². The summed E-state index contributed by atoms with van der Waals surface area (Å²) in [4.78, 5) is 4.22. The largest absolute Gasteiger partial charge is 0.368 e. The molecule has 0 radical (unpaired) electrons. The van der Waals surface area contributed by atoms with Crippen molar-refractivity contribution < 1.29 is 0 Å². The van der Waals surface area contributed by atoms with Crippen molar-refractivity contribution >= 4 is 5.95 Å². The first-order chi connectivity index (χ1) is 5.77. The van der Waals surface area contributed by atoms with Gasteiger partial charge in [0.05, 0.1) is 0 Å². The number of nitrogens with zero attached hydrogens (tertiary/aromatic N) is 3. The Labute approximate surface area is 71.8 Å². The van der Waals surface area contributed by atoms with Crippen molar-refractivity contribution in [3.8, 4) is 0 Å². The molecule has 1 fully saturated rings. The molecular weight excluding hydrogens is 152 g/mol. The van der Waals surface area contributed by atoms with Crippen LogP contribution < -0.4 is 5.73 Å². The molecule has 1 aromatic heterocycles. The van der Waals surface area contributed by atoms with Crippen LogP contribution >= 0.6 is 0 Å². The molecule has 12 heavy (non-hydrogen) atoms. The van der Waals surface area contributed by atoms with E-state index in [0.717, 1.165) is 5.82 Å². The fourth-order valence-corrected chi connectivity index (χ4v) is 1.77. The fourth-order valence-electron chi connectivity index (χ4n) is 1.77. The Morgan fingerprint density at radius 1 is 1.42 bits per heavy atom. The van der Waals surface area contributed by atoms with Crippen molar-refractivity contribution in [2.45, 2.75) is 31.6 Å². The monoisotopic (exact) mass is 166 g/mol. The Kier molecular flexibility index (Phi) is 1.75. The van der Waals surface area contributed by atoms with Gasteiger partial charge >= 0.3 is 0 Å². The van der Waals surface area contributed by atoms with Crippen molar-refractivity contribution in [2.75, 3.05) is 5.73 Å². The first-order valence-corrected chi connectivity index (χ1v) is 4.44. The summed E-state index contributed by atoms with van der Waals surface area (Å²) in [5.41, 5.74) is 5.60. The van der Waals surface area contributed by atoms with E-state index in [1.807, 2.05) is 7.05 Å². The molecule has 1 aromatic rings. The normalized spacial score (nSPS) is 18.8. The average molecular weight is 166 g/mol. The van der Waals surface area contributed by atoms with Crippen LogP contribution in [-0.2, 0) is 7.05 Å². The molecule has 0 aliphatic heterocycles. The summed E-state index contributed by atoms with van der Waals surface area (Å²) in [6.07, 6.45) is 5.07. The van der Waals surface area contributed by atoms with Gasteiger partial charge in [0.25, 0.3) is 0 Å². The molecule has 4 heteroatoms. The summed E-state index contributed by atoms with van der Waals surface area (Å²) in [5.74, 6) is 2.03. The molecule has 0 atom stereocenters. The Balaban J connectivity index is 2.21. The minimum atomic E-state index is 0.525. The maximum atomic E-state index is 5.60. The van der Waals surface area contributed by atoms with Crippen LogP contribution in [0.3, 0.4) is 0 Å². The van der Waals surface area contributed by atoms with E-state index in [4.69, 9.17) is 5.73 Å². The highest BCUT2D eigenvalue weighted by Crippen LogP contribution is 2.32. The number of hydrogen-bond donors (Lipinski definition) is 1. The van der Waals surface area contributed by atoms with Gasteiger partial charge in [-0.15, -0.1) is 0 Å². The van der Waals surface area contributed by atoms with Crippen LogP contribution in [0.1, 0.15) is 37.4 Å². The minimum absolute atomic E-state index is 0.525. The van der Waals surface area contributed by atoms with E-state index in [1.165, 1.54) is 25.7 Å². The zero-order valence-electron chi connectivity index (χ0n) is 7.32. The van der Waals surface area contributed by atoms with E-state index in [0.29, 0.717) is 11.9 Å². The SMILES string of the molecule is Cn1nc(C2CCCC2)nc1N. The number of aryl methyl sites for hydroxylation is 1. The standard InChI is InChI=1S/C8H14N4/c1-12-8(9)10-7(11-12)6-4-2-3-5-6/h6H,2-5H2,1H3,(H2,9,10,11). The van der Waals surface area contributed by atoms with Crippen LogP contribution in [0, 0.1) is 0 Å². The van der Waals surface area contributed by atoms with Gasteiger partial charge in [-0.05, 0) is 12.8 Å². The van der Waals surface area contributed by atoms with Crippen molar-refractivity contribution in [2.24, 2.45) is 7.05 Å². The second-order valence-corrected chi connectivity index (χ2v) is 3.43. The lowest BCUT2D eigenvalue weighted by Crippen LogP contribution is -1.98. The van der Waals surface area contributed by atoms with Crippen LogP contribution in [0.4, 0.5) is 5.95 Å². The summed E-state index contributed by atoms with van der Waals surface area (Å²) in [6, 6.07) is 0. The quantitative estimate of drug-likeness (QED) is 0.678. The topological polar surface area (TPSA) is 56.7 Å². The summed E-state index contributed by atoms with van der Waals surface area (Å²) in [5, 5.41) is 4.27. The fraction of sp³-hybridized carbons (Fsp3) is 0.750. The molecule has 1 heterocycles. The second kappa shape index (κ2) is 2.77. The number of nitrogen functional groups attached to an aromatic ring is 1. The first kappa shape index (κ1) is 7.58. The van der Waals surface area contributed by atoms with Crippen molar-refractivity contribution in [1.29, 1.82) is 0 Å². The van der Waals surface area contributed by atoms with Crippen LogP contribution in [0.5, 0.6) is 0 Å².